The van der Waals surface area contributed by atoms with Gasteiger partial charge in [0.25, 0.3) is 0 Å². The summed E-state index contributed by atoms with van der Waals surface area (Å²) in [7, 11) is -3.29. The Hall–Kier alpha value is -1.74. The van der Waals surface area contributed by atoms with E-state index in [0.717, 1.165) is 45.1 Å². The summed E-state index contributed by atoms with van der Waals surface area (Å²) in [6, 6.07) is 7.81. The molecule has 1 N–H and O–H groups in total. The summed E-state index contributed by atoms with van der Waals surface area (Å²) < 4.78 is 18.8. The largest absolute Gasteiger partial charge is 0.370 e. The summed E-state index contributed by atoms with van der Waals surface area (Å²) in [6.07, 6.45) is 9.63. The van der Waals surface area contributed by atoms with Gasteiger partial charge in [0.2, 0.25) is 7.37 Å². The van der Waals surface area contributed by atoms with E-state index < -0.39 is 7.37 Å². The average molecular weight is 479 g/mol. The molecular weight excluding hydrogens is 443 g/mol. The predicted molar refractivity (Wildman–Crippen MR) is 135 cm³/mol. The maximum Gasteiger partial charge on any atom is 0.226 e. The number of ether oxygens (including phenoxy) is 1. The Bertz CT molecular complexity index is 1180. The third-order valence-electron chi connectivity index (χ3n) is 9.95. The Labute approximate surface area is 202 Å². The van der Waals surface area contributed by atoms with Crippen LogP contribution in [0.1, 0.15) is 69.8 Å². The molecule has 2 unspecified atom stereocenters. The van der Waals surface area contributed by atoms with Crippen LogP contribution in [0.25, 0.3) is 0 Å². The quantitative estimate of drug-likeness (QED) is 0.429. The van der Waals surface area contributed by atoms with Gasteiger partial charge in [-0.05, 0) is 97.3 Å². The van der Waals surface area contributed by atoms with Crippen molar-refractivity contribution in [3.05, 3.63) is 64.8 Å². The Morgan fingerprint density at radius 1 is 1.12 bits per heavy atom. The van der Waals surface area contributed by atoms with E-state index in [1.165, 1.54) is 35.4 Å². The molecule has 1 heterocycles. The molecule has 1 aromatic rings. The first-order valence-electron chi connectivity index (χ1n) is 12.8. The number of allylic oxidation sites excluding steroid dienone is 4. The Kier molecular flexibility index (Phi) is 5.09. The maximum atomic E-state index is 12.2. The number of fused-ring (bicyclic) bond motifs is 5. The Balaban J connectivity index is 1.51. The van der Waals surface area contributed by atoms with Crippen LogP contribution in [-0.4, -0.2) is 29.5 Å². The van der Waals surface area contributed by atoms with Gasteiger partial charge in [-0.1, -0.05) is 31.2 Å². The van der Waals surface area contributed by atoms with Crippen molar-refractivity contribution in [3.8, 4) is 0 Å². The van der Waals surface area contributed by atoms with Gasteiger partial charge in [-0.25, -0.2) is 0 Å². The molecule has 1 saturated heterocycles. The van der Waals surface area contributed by atoms with Crippen molar-refractivity contribution < 1.29 is 19.0 Å². The maximum absolute atomic E-state index is 12.2. The zero-order chi connectivity index (χ0) is 23.9. The van der Waals surface area contributed by atoms with E-state index in [2.05, 4.69) is 25.6 Å². The zero-order valence-corrected chi connectivity index (χ0v) is 21.2. The summed E-state index contributed by atoms with van der Waals surface area (Å²) >= 11 is 0. The Morgan fingerprint density at radius 2 is 1.88 bits per heavy atom. The van der Waals surface area contributed by atoms with Crippen LogP contribution < -0.4 is 5.30 Å². The van der Waals surface area contributed by atoms with Crippen molar-refractivity contribution in [2.24, 2.45) is 17.3 Å². The molecule has 0 aromatic heterocycles. The van der Waals surface area contributed by atoms with E-state index in [1.807, 2.05) is 18.2 Å². The van der Waals surface area contributed by atoms with Gasteiger partial charge in [0.1, 0.15) is 0 Å². The van der Waals surface area contributed by atoms with E-state index >= 15 is 0 Å². The number of ketones is 1. The molecule has 5 aliphatic rings. The minimum atomic E-state index is -3.29. The van der Waals surface area contributed by atoms with Crippen molar-refractivity contribution in [1.82, 2.24) is 0 Å². The first-order valence-corrected chi connectivity index (χ1v) is 14.9. The minimum Gasteiger partial charge on any atom is -0.370 e. The lowest BCUT2D eigenvalue weighted by Gasteiger charge is -2.55. The number of hydrogen-bond donors (Lipinski definition) is 1. The lowest BCUT2D eigenvalue weighted by atomic mass is 9.50. The van der Waals surface area contributed by atoms with E-state index in [0.29, 0.717) is 23.6 Å². The highest BCUT2D eigenvalue weighted by molar-refractivity contribution is 7.65. The van der Waals surface area contributed by atoms with Crippen molar-refractivity contribution >= 4 is 18.5 Å². The lowest BCUT2D eigenvalue weighted by molar-refractivity contribution is -0.114. The standard InChI is InChI=1S/C29H35O4P/c1-18-13-15-33-29(18)14-12-26-24-10-6-20-16-21(30)7-11-23(20)27(24)25(17-28(26,29)2)19-4-8-22(9-5-19)34(3,31)32/h4-5,8-9,16,24-26H,1,6-7,10-15,17H2,2-3H3,(H,31,32)/t24?,25-,26+,28+,29-/m1/s1. The molecule has 3 fully saturated rings. The number of rotatable bonds is 2. The molecule has 180 valence electrons. The second-order valence-electron chi connectivity index (χ2n) is 11.5. The smallest absolute Gasteiger partial charge is 0.226 e. The molecule has 0 bridgehead atoms. The third-order valence-corrected chi connectivity index (χ3v) is 11.2. The van der Waals surface area contributed by atoms with Gasteiger partial charge in [0.05, 0.1) is 12.2 Å². The first kappa shape index (κ1) is 22.7. The number of benzene rings is 1. The van der Waals surface area contributed by atoms with Crippen molar-refractivity contribution in [1.29, 1.82) is 0 Å². The number of carbonyl (C=O) groups is 1. The fourth-order valence-corrected chi connectivity index (χ4v) is 9.10. The van der Waals surface area contributed by atoms with Crippen LogP contribution >= 0.6 is 7.37 Å². The zero-order valence-electron chi connectivity index (χ0n) is 20.3. The van der Waals surface area contributed by atoms with Gasteiger partial charge in [0.15, 0.2) is 5.78 Å². The fraction of sp³-hybridized carbons (Fsp3) is 0.552. The molecule has 1 aliphatic heterocycles. The fourth-order valence-electron chi connectivity index (χ4n) is 8.40. The second kappa shape index (κ2) is 7.63. The summed E-state index contributed by atoms with van der Waals surface area (Å²) in [5.41, 5.74) is 6.51. The van der Waals surface area contributed by atoms with Crippen molar-refractivity contribution in [2.45, 2.75) is 69.8 Å². The third kappa shape index (κ3) is 3.11. The summed E-state index contributed by atoms with van der Waals surface area (Å²) in [6.45, 7) is 9.12. The lowest BCUT2D eigenvalue weighted by Crippen LogP contribution is -2.52. The highest BCUT2D eigenvalue weighted by atomic mass is 31.2. The number of carbonyl (C=O) groups excluding carboxylic acids is 1. The monoisotopic (exact) mass is 478 g/mol. The van der Waals surface area contributed by atoms with Gasteiger partial charge >= 0.3 is 0 Å². The van der Waals surface area contributed by atoms with Gasteiger partial charge in [-0.15, -0.1) is 0 Å². The van der Waals surface area contributed by atoms with Gasteiger partial charge < -0.3 is 9.63 Å². The molecule has 4 aliphatic carbocycles. The predicted octanol–water partition coefficient (Wildman–Crippen LogP) is 5.83. The first-order chi connectivity index (χ1) is 16.1. The van der Waals surface area contributed by atoms with Crippen molar-refractivity contribution in [2.75, 3.05) is 13.3 Å². The van der Waals surface area contributed by atoms with Gasteiger partial charge in [-0.2, -0.15) is 0 Å². The molecule has 5 heteroatoms. The van der Waals surface area contributed by atoms with Gasteiger partial charge in [-0.3, -0.25) is 9.36 Å². The van der Waals surface area contributed by atoms with E-state index in [1.54, 1.807) is 5.57 Å². The second-order valence-corrected chi connectivity index (χ2v) is 13.8. The molecule has 2 saturated carbocycles. The molecule has 1 aromatic carbocycles. The summed E-state index contributed by atoms with van der Waals surface area (Å²) in [4.78, 5) is 22.3. The van der Waals surface area contributed by atoms with Crippen LogP contribution in [0.15, 0.2) is 59.2 Å². The molecular formula is C29H35O4P. The molecule has 6 atom stereocenters. The molecule has 34 heavy (non-hydrogen) atoms. The number of hydrogen-bond acceptors (Lipinski definition) is 3. The van der Waals surface area contributed by atoms with Crippen LogP contribution in [0.4, 0.5) is 0 Å². The van der Waals surface area contributed by atoms with Crippen LogP contribution in [0.3, 0.4) is 0 Å². The van der Waals surface area contributed by atoms with Crippen LogP contribution in [0.2, 0.25) is 0 Å². The van der Waals surface area contributed by atoms with Crippen molar-refractivity contribution in [3.63, 3.8) is 0 Å². The molecule has 0 amide bonds. The highest BCUT2D eigenvalue weighted by Crippen LogP contribution is 2.70. The normalized spacial score (nSPS) is 38.9. The summed E-state index contributed by atoms with van der Waals surface area (Å²) in [5.74, 6) is 1.55. The van der Waals surface area contributed by atoms with Crippen LogP contribution in [0.5, 0.6) is 0 Å². The van der Waals surface area contributed by atoms with E-state index in [4.69, 9.17) is 4.74 Å². The molecule has 1 spiro atoms. The molecule has 6 rings (SSSR count). The van der Waals surface area contributed by atoms with Crippen LogP contribution in [0, 0.1) is 17.3 Å². The van der Waals surface area contributed by atoms with Crippen LogP contribution in [-0.2, 0) is 14.1 Å². The molecule has 0 radical (unpaired) electrons. The topological polar surface area (TPSA) is 63.6 Å². The highest BCUT2D eigenvalue weighted by Gasteiger charge is 2.65. The summed E-state index contributed by atoms with van der Waals surface area (Å²) in [5, 5.41) is 0.502. The minimum absolute atomic E-state index is 0.0153. The van der Waals surface area contributed by atoms with Gasteiger partial charge in [0, 0.05) is 29.7 Å². The molecule has 4 nitrogen and oxygen atoms in total. The Morgan fingerprint density at radius 3 is 2.56 bits per heavy atom. The van der Waals surface area contributed by atoms with E-state index in [9.17, 15) is 14.3 Å². The average Bonchev–Trinajstić information content (AvgIpc) is 3.32. The van der Waals surface area contributed by atoms with E-state index in [-0.39, 0.29) is 22.7 Å². The SMILES string of the molecule is C=C1CCO[C@]12CC[C@H]1C3CCC4=CC(=O)CCC4=C3[C@@H](c3ccc(P(C)(=O)O)cc3)C[C@@]12C.